The first kappa shape index (κ1) is 17.4. The maximum Gasteiger partial charge on any atom is 0.525 e. The number of aromatic nitrogens is 3. The van der Waals surface area contributed by atoms with E-state index in [1.807, 2.05) is 45.9 Å². The monoisotopic (exact) mass is 355 g/mol. The van der Waals surface area contributed by atoms with E-state index >= 15 is 4.39 Å². The molecular formula is C19H23BFN3O2. The zero-order chi connectivity index (χ0) is 18.5. The Hall–Kier alpha value is -1.99. The van der Waals surface area contributed by atoms with Crippen LogP contribution in [-0.4, -0.2) is 33.5 Å². The van der Waals surface area contributed by atoms with Crippen LogP contribution in [0.4, 0.5) is 4.39 Å². The molecular weight excluding hydrogens is 332 g/mol. The first-order valence-electron chi connectivity index (χ1n) is 9.01. The normalized spacial score (nSPS) is 22.0. The molecule has 1 saturated heterocycles. The summed E-state index contributed by atoms with van der Waals surface area (Å²) in [6, 6.07) is 5.61. The molecule has 1 aliphatic carbocycles. The maximum atomic E-state index is 15.1. The molecule has 0 bridgehead atoms. The van der Waals surface area contributed by atoms with Crippen LogP contribution in [-0.2, 0) is 9.31 Å². The number of pyridine rings is 1. The minimum atomic E-state index is -1.02. The van der Waals surface area contributed by atoms with Crippen LogP contribution in [0.15, 0.2) is 30.1 Å². The predicted octanol–water partition coefficient (Wildman–Crippen LogP) is 4.29. The van der Waals surface area contributed by atoms with Gasteiger partial charge in [-0.15, -0.1) is 0 Å². The highest BCUT2D eigenvalue weighted by Gasteiger charge is 2.53. The van der Waals surface area contributed by atoms with E-state index in [0.717, 1.165) is 24.1 Å². The lowest BCUT2D eigenvalue weighted by atomic mass is 9.86. The van der Waals surface area contributed by atoms with E-state index in [0.29, 0.717) is 17.3 Å². The molecule has 7 heteroatoms. The van der Waals surface area contributed by atoms with Crippen LogP contribution < -0.4 is 0 Å². The van der Waals surface area contributed by atoms with Gasteiger partial charge in [0.15, 0.2) is 0 Å². The summed E-state index contributed by atoms with van der Waals surface area (Å²) in [5, 5.41) is 7.48. The summed E-state index contributed by atoms with van der Waals surface area (Å²) in [6.45, 7) is 7.64. The minimum Gasteiger partial charge on any atom is -0.398 e. The molecule has 3 heterocycles. The fourth-order valence-electron chi connectivity index (χ4n) is 3.05. The maximum absolute atomic E-state index is 15.1. The minimum absolute atomic E-state index is 0.400. The molecule has 26 heavy (non-hydrogen) atoms. The van der Waals surface area contributed by atoms with Crippen LogP contribution in [0.1, 0.15) is 57.7 Å². The Morgan fingerprint density at radius 2 is 1.92 bits per heavy atom. The van der Waals surface area contributed by atoms with Crippen molar-refractivity contribution in [1.29, 1.82) is 0 Å². The highest BCUT2D eigenvalue weighted by atomic mass is 19.1. The van der Waals surface area contributed by atoms with E-state index in [1.165, 1.54) is 6.08 Å². The Labute approximate surface area is 153 Å². The average Bonchev–Trinajstić information content (AvgIpc) is 3.30. The number of hydrogen-bond acceptors (Lipinski definition) is 4. The third kappa shape index (κ3) is 2.99. The van der Waals surface area contributed by atoms with Gasteiger partial charge in [-0.05, 0) is 58.7 Å². The number of H-pyrrole nitrogens is 1. The van der Waals surface area contributed by atoms with Gasteiger partial charge in [-0.1, -0.05) is 6.07 Å². The Morgan fingerprint density at radius 1 is 1.23 bits per heavy atom. The molecule has 0 unspecified atom stereocenters. The van der Waals surface area contributed by atoms with Crippen molar-refractivity contribution in [3.8, 4) is 11.4 Å². The van der Waals surface area contributed by atoms with Crippen LogP contribution in [0.25, 0.3) is 17.5 Å². The van der Waals surface area contributed by atoms with Gasteiger partial charge in [0.1, 0.15) is 11.4 Å². The number of aromatic amines is 1. The summed E-state index contributed by atoms with van der Waals surface area (Å²) in [6.07, 6.45) is 5.37. The number of hydrogen-bond donors (Lipinski definition) is 1. The van der Waals surface area contributed by atoms with Crippen molar-refractivity contribution in [3.05, 3.63) is 41.4 Å². The van der Waals surface area contributed by atoms with Crippen molar-refractivity contribution in [2.45, 2.75) is 57.7 Å². The molecule has 2 aromatic heterocycles. The Morgan fingerprint density at radius 3 is 2.50 bits per heavy atom. The Balaban J connectivity index is 1.71. The van der Waals surface area contributed by atoms with Gasteiger partial charge in [-0.3, -0.25) is 10.1 Å². The van der Waals surface area contributed by atoms with Gasteiger partial charge in [0.25, 0.3) is 0 Å². The smallest absolute Gasteiger partial charge is 0.398 e. The fourth-order valence-corrected chi connectivity index (χ4v) is 3.05. The Bertz CT molecular complexity index is 828. The topological polar surface area (TPSA) is 60.0 Å². The number of rotatable bonds is 4. The summed E-state index contributed by atoms with van der Waals surface area (Å²) in [5.41, 5.74) is 1.44. The number of nitrogens with zero attached hydrogens (tertiary/aromatic N) is 2. The molecule has 5 nitrogen and oxygen atoms in total. The van der Waals surface area contributed by atoms with E-state index < -0.39 is 24.0 Å². The van der Waals surface area contributed by atoms with E-state index in [-0.39, 0.29) is 0 Å². The van der Waals surface area contributed by atoms with Gasteiger partial charge in [0.2, 0.25) is 0 Å². The largest absolute Gasteiger partial charge is 0.525 e. The molecule has 1 aliphatic heterocycles. The first-order chi connectivity index (χ1) is 12.3. The third-order valence-corrected chi connectivity index (χ3v) is 5.49. The second-order valence-electron chi connectivity index (χ2n) is 8.01. The average molecular weight is 355 g/mol. The van der Waals surface area contributed by atoms with E-state index in [2.05, 4.69) is 15.2 Å². The van der Waals surface area contributed by atoms with Gasteiger partial charge in [0.05, 0.1) is 16.9 Å². The molecule has 2 aromatic rings. The van der Waals surface area contributed by atoms with E-state index in [4.69, 9.17) is 9.31 Å². The van der Waals surface area contributed by atoms with Gasteiger partial charge in [-0.25, -0.2) is 4.39 Å². The standard InChI is InChI=1S/C19H23BFN3O2/c1-18(2)19(3,4)26-20(25-18)15(21)11-13-16(12-8-9-12)23-24-17(13)14-7-5-6-10-22-14/h5-7,10-12H,8-9H2,1-4H3,(H,23,24). The van der Waals surface area contributed by atoms with Gasteiger partial charge in [0, 0.05) is 23.4 Å². The molecule has 0 aromatic carbocycles. The van der Waals surface area contributed by atoms with Crippen molar-refractivity contribution >= 4 is 13.2 Å². The molecule has 1 saturated carbocycles. The molecule has 0 amide bonds. The molecule has 1 N–H and O–H groups in total. The second-order valence-corrected chi connectivity index (χ2v) is 8.01. The van der Waals surface area contributed by atoms with Crippen molar-refractivity contribution in [2.75, 3.05) is 0 Å². The van der Waals surface area contributed by atoms with Crippen molar-refractivity contribution in [1.82, 2.24) is 15.2 Å². The molecule has 4 rings (SSSR count). The second kappa shape index (κ2) is 6.03. The van der Waals surface area contributed by atoms with Gasteiger partial charge in [-0.2, -0.15) is 5.10 Å². The fraction of sp³-hybridized carbons (Fsp3) is 0.474. The summed E-state index contributed by atoms with van der Waals surface area (Å²) in [5.74, 6) is 0.400. The molecule has 0 radical (unpaired) electrons. The lowest BCUT2D eigenvalue weighted by molar-refractivity contribution is 0.00578. The van der Waals surface area contributed by atoms with Crippen molar-refractivity contribution in [3.63, 3.8) is 0 Å². The van der Waals surface area contributed by atoms with Crippen LogP contribution in [0.3, 0.4) is 0 Å². The molecule has 0 atom stereocenters. The SMILES string of the molecule is CC1(C)OB(C(F)=Cc2c(-c3ccccn3)n[nH]c2C2CC2)OC1(C)C. The zero-order valence-electron chi connectivity index (χ0n) is 15.5. The first-order valence-corrected chi connectivity index (χ1v) is 9.01. The third-order valence-electron chi connectivity index (χ3n) is 5.49. The summed E-state index contributed by atoms with van der Waals surface area (Å²) in [4.78, 5) is 4.36. The molecule has 0 spiro atoms. The zero-order valence-corrected chi connectivity index (χ0v) is 15.5. The molecule has 2 fully saturated rings. The Kier molecular flexibility index (Phi) is 4.04. The van der Waals surface area contributed by atoms with Crippen LogP contribution in [0, 0.1) is 0 Å². The predicted molar refractivity (Wildman–Crippen MR) is 99.0 cm³/mol. The van der Waals surface area contributed by atoms with E-state index in [1.54, 1.807) is 6.20 Å². The van der Waals surface area contributed by atoms with Crippen molar-refractivity contribution in [2.24, 2.45) is 0 Å². The summed E-state index contributed by atoms with van der Waals surface area (Å²) in [7, 11) is -1.02. The van der Waals surface area contributed by atoms with Gasteiger partial charge < -0.3 is 9.31 Å². The quantitative estimate of drug-likeness (QED) is 0.831. The van der Waals surface area contributed by atoms with E-state index in [9.17, 15) is 0 Å². The van der Waals surface area contributed by atoms with Crippen LogP contribution >= 0.6 is 0 Å². The highest BCUT2D eigenvalue weighted by molar-refractivity contribution is 6.54. The lowest BCUT2D eigenvalue weighted by Gasteiger charge is -2.32. The molecule has 2 aliphatic rings. The lowest BCUT2D eigenvalue weighted by Crippen LogP contribution is -2.41. The highest BCUT2D eigenvalue weighted by Crippen LogP contribution is 2.44. The molecule has 136 valence electrons. The number of halogens is 1. The van der Waals surface area contributed by atoms with Crippen LogP contribution in [0.5, 0.6) is 0 Å². The summed E-state index contributed by atoms with van der Waals surface area (Å²) >= 11 is 0. The van der Waals surface area contributed by atoms with Crippen LogP contribution in [0.2, 0.25) is 0 Å². The number of nitrogens with one attached hydrogen (secondary N) is 1. The summed E-state index contributed by atoms with van der Waals surface area (Å²) < 4.78 is 26.7. The van der Waals surface area contributed by atoms with Gasteiger partial charge >= 0.3 is 7.12 Å². The van der Waals surface area contributed by atoms with Crippen molar-refractivity contribution < 1.29 is 13.7 Å².